The first kappa shape index (κ1) is 28.5. The summed E-state index contributed by atoms with van der Waals surface area (Å²) in [5.74, 6) is -3.06. The number of aromatic nitrogens is 1. The van der Waals surface area contributed by atoms with Gasteiger partial charge in [0.05, 0.1) is 11.3 Å². The number of aliphatic hydroxyl groups is 1. The summed E-state index contributed by atoms with van der Waals surface area (Å²) in [5.41, 5.74) is -4.04. The van der Waals surface area contributed by atoms with Crippen molar-refractivity contribution < 1.29 is 42.4 Å². The summed E-state index contributed by atoms with van der Waals surface area (Å²) in [6.45, 7) is 2.81. The van der Waals surface area contributed by atoms with E-state index in [0.717, 1.165) is 12.1 Å². The summed E-state index contributed by atoms with van der Waals surface area (Å²) in [6, 6.07) is 9.77. The maximum absolute atomic E-state index is 14.5. The number of carboxylic acid groups (broad SMARTS) is 1. The predicted molar refractivity (Wildman–Crippen MR) is 136 cm³/mol. The fourth-order valence-corrected chi connectivity index (χ4v) is 4.91. The molecule has 1 aliphatic heterocycles. The molecule has 39 heavy (non-hydrogen) atoms. The molecule has 3 aromatic rings. The van der Waals surface area contributed by atoms with Crippen molar-refractivity contribution in [3.05, 3.63) is 75.4 Å². The number of amides is 1. The minimum absolute atomic E-state index is 0.0338. The van der Waals surface area contributed by atoms with Gasteiger partial charge in [-0.3, -0.25) is 4.79 Å². The van der Waals surface area contributed by atoms with E-state index in [2.05, 4.69) is 4.98 Å². The van der Waals surface area contributed by atoms with Crippen LogP contribution in [0.1, 0.15) is 41.3 Å². The number of anilines is 1. The van der Waals surface area contributed by atoms with E-state index in [1.807, 2.05) is 0 Å². The van der Waals surface area contributed by atoms with Crippen LogP contribution in [0, 0.1) is 0 Å². The molecule has 2 N–H and O–H groups in total. The van der Waals surface area contributed by atoms with Crippen molar-refractivity contribution >= 4 is 40.8 Å². The number of nitrogens with zero attached hydrogens (tertiary/aromatic N) is 2. The largest absolute Gasteiger partial charge is 0.482 e. The summed E-state index contributed by atoms with van der Waals surface area (Å²) in [5, 5.41) is 19.9. The first-order valence-electron chi connectivity index (χ1n) is 11.5. The molecular formula is C26H21Cl2F3N2O6. The van der Waals surface area contributed by atoms with Gasteiger partial charge in [0, 0.05) is 23.6 Å². The molecule has 4 rings (SSSR count). The number of benzene rings is 2. The van der Waals surface area contributed by atoms with Crippen molar-refractivity contribution in [2.45, 2.75) is 31.5 Å². The minimum Gasteiger partial charge on any atom is -0.482 e. The Morgan fingerprint density at radius 1 is 1.18 bits per heavy atom. The van der Waals surface area contributed by atoms with Gasteiger partial charge in [0.25, 0.3) is 5.91 Å². The molecule has 1 amide bonds. The number of carboxylic acids is 1. The van der Waals surface area contributed by atoms with E-state index in [9.17, 15) is 27.9 Å². The highest BCUT2D eigenvalue weighted by Gasteiger charge is 2.59. The molecule has 13 heteroatoms. The summed E-state index contributed by atoms with van der Waals surface area (Å²) >= 11 is 12.2. The molecule has 2 heterocycles. The monoisotopic (exact) mass is 584 g/mol. The highest BCUT2D eigenvalue weighted by atomic mass is 35.5. The lowest BCUT2D eigenvalue weighted by Crippen LogP contribution is -2.47. The zero-order chi connectivity index (χ0) is 28.7. The Hall–Kier alpha value is -3.54. The van der Waals surface area contributed by atoms with E-state index < -0.39 is 35.1 Å². The zero-order valence-corrected chi connectivity index (χ0v) is 21.9. The Bertz CT molecular complexity index is 1450. The number of alkyl halides is 3. The molecule has 2 unspecified atom stereocenters. The Kier molecular flexibility index (Phi) is 7.70. The fourth-order valence-electron chi connectivity index (χ4n) is 4.35. The lowest BCUT2D eigenvalue weighted by molar-refractivity contribution is -0.274. The number of likely N-dealkylation sites (N-methyl/N-ethyl adjacent to an activating group) is 1. The van der Waals surface area contributed by atoms with Gasteiger partial charge < -0.3 is 24.6 Å². The molecule has 2 aromatic carbocycles. The molecule has 0 radical (unpaired) electrons. The quantitative estimate of drug-likeness (QED) is 0.319. The van der Waals surface area contributed by atoms with Gasteiger partial charge in [-0.1, -0.05) is 42.3 Å². The molecule has 0 bridgehead atoms. The van der Waals surface area contributed by atoms with Crippen molar-refractivity contribution in [2.75, 3.05) is 18.1 Å². The Morgan fingerprint density at radius 3 is 2.49 bits per heavy atom. The van der Waals surface area contributed by atoms with Gasteiger partial charge >= 0.3 is 12.1 Å². The minimum atomic E-state index is -5.14. The first-order valence-corrected chi connectivity index (χ1v) is 12.3. The third-order valence-corrected chi connectivity index (χ3v) is 7.05. The van der Waals surface area contributed by atoms with E-state index in [-0.39, 0.29) is 57.5 Å². The number of pyridine rings is 1. The number of aromatic carboxylic acids is 1. The number of carbonyl (C=O) groups is 2. The van der Waals surface area contributed by atoms with Crippen LogP contribution in [0.4, 0.5) is 18.9 Å². The van der Waals surface area contributed by atoms with Crippen molar-refractivity contribution in [1.29, 1.82) is 0 Å². The fraction of sp³-hybridized carbons (Fsp3) is 0.269. The maximum Gasteiger partial charge on any atom is 0.422 e. The van der Waals surface area contributed by atoms with E-state index >= 15 is 0 Å². The van der Waals surface area contributed by atoms with Crippen LogP contribution in [0.5, 0.6) is 17.4 Å². The molecule has 0 saturated heterocycles. The van der Waals surface area contributed by atoms with Crippen LogP contribution >= 0.6 is 23.2 Å². The highest BCUT2D eigenvalue weighted by Crippen LogP contribution is 2.51. The van der Waals surface area contributed by atoms with Crippen molar-refractivity contribution in [1.82, 2.24) is 4.98 Å². The molecule has 0 spiro atoms. The number of fused-ring (bicyclic) bond motifs is 1. The lowest BCUT2D eigenvalue weighted by atomic mass is 9.77. The van der Waals surface area contributed by atoms with Crippen LogP contribution in [0.25, 0.3) is 0 Å². The van der Waals surface area contributed by atoms with Crippen LogP contribution in [0.3, 0.4) is 0 Å². The van der Waals surface area contributed by atoms with Gasteiger partial charge in [-0.15, -0.1) is 0 Å². The van der Waals surface area contributed by atoms with Crippen LogP contribution in [-0.4, -0.2) is 46.4 Å². The van der Waals surface area contributed by atoms with Crippen molar-refractivity contribution in [3.63, 3.8) is 0 Å². The second-order valence-electron chi connectivity index (χ2n) is 8.67. The second kappa shape index (κ2) is 10.6. The normalized spacial score (nSPS) is 15.7. The van der Waals surface area contributed by atoms with E-state index in [1.54, 1.807) is 6.92 Å². The Labute approximate surface area is 230 Å². The summed E-state index contributed by atoms with van der Waals surface area (Å²) < 4.78 is 54.5. The van der Waals surface area contributed by atoms with Crippen LogP contribution in [-0.2, 0) is 10.4 Å². The molecule has 0 aliphatic carbocycles. The number of hydrogen-bond donors (Lipinski definition) is 2. The predicted octanol–water partition coefficient (Wildman–Crippen LogP) is 6.18. The topological polar surface area (TPSA) is 109 Å². The Morgan fingerprint density at radius 2 is 1.90 bits per heavy atom. The number of halogens is 5. The average molecular weight is 585 g/mol. The van der Waals surface area contributed by atoms with Crippen LogP contribution in [0.2, 0.25) is 10.2 Å². The van der Waals surface area contributed by atoms with Crippen LogP contribution in [0.15, 0.2) is 48.5 Å². The van der Waals surface area contributed by atoms with Gasteiger partial charge in [-0.2, -0.15) is 13.2 Å². The number of rotatable bonds is 7. The van der Waals surface area contributed by atoms with Crippen molar-refractivity contribution in [2.24, 2.45) is 0 Å². The standard InChI is InChI=1S/C26H21Cl2F3N2O6/c1-3-33-19-10-14(4-8-20(19)38-12-22(33)34)25(37,26(29,30)31)13(2)16-6-5-15(11-18(16)27)39-21-9-7-17(24(35)36)23(28)32-21/h4-11,13,37H,3,12H2,1-2H3,(H,35,36). The van der Waals surface area contributed by atoms with Gasteiger partial charge in [-0.25, -0.2) is 9.78 Å². The van der Waals surface area contributed by atoms with Gasteiger partial charge in [0.15, 0.2) is 12.2 Å². The third kappa shape index (κ3) is 5.21. The highest BCUT2D eigenvalue weighted by molar-refractivity contribution is 6.32. The number of hydrogen-bond acceptors (Lipinski definition) is 6. The Balaban J connectivity index is 1.69. The molecule has 0 fully saturated rings. The number of ether oxygens (including phenoxy) is 2. The average Bonchev–Trinajstić information content (AvgIpc) is 2.86. The summed E-state index contributed by atoms with van der Waals surface area (Å²) in [7, 11) is 0. The molecule has 1 aromatic heterocycles. The third-order valence-electron chi connectivity index (χ3n) is 6.43. The molecule has 2 atom stereocenters. The molecule has 8 nitrogen and oxygen atoms in total. The van der Waals surface area contributed by atoms with Gasteiger partial charge in [0.1, 0.15) is 16.7 Å². The van der Waals surface area contributed by atoms with Crippen molar-refractivity contribution in [3.8, 4) is 17.4 Å². The number of carbonyl (C=O) groups excluding carboxylic acids is 1. The summed E-state index contributed by atoms with van der Waals surface area (Å²) in [6.07, 6.45) is -5.14. The second-order valence-corrected chi connectivity index (χ2v) is 9.44. The molecular weight excluding hydrogens is 564 g/mol. The van der Waals surface area contributed by atoms with Gasteiger partial charge in [0.2, 0.25) is 5.88 Å². The van der Waals surface area contributed by atoms with E-state index in [1.165, 1.54) is 48.2 Å². The van der Waals surface area contributed by atoms with E-state index in [4.69, 9.17) is 37.8 Å². The first-order chi connectivity index (χ1) is 18.3. The molecule has 0 saturated carbocycles. The summed E-state index contributed by atoms with van der Waals surface area (Å²) in [4.78, 5) is 28.4. The zero-order valence-electron chi connectivity index (χ0n) is 20.4. The lowest BCUT2D eigenvalue weighted by Gasteiger charge is -2.38. The molecule has 1 aliphatic rings. The smallest absolute Gasteiger partial charge is 0.422 e. The SMILES string of the molecule is CCN1C(=O)COc2ccc(C(O)(C(C)c3ccc(Oc4ccc(C(=O)O)c(Cl)n4)cc3Cl)C(F)(F)F)cc21. The van der Waals surface area contributed by atoms with E-state index in [0.29, 0.717) is 0 Å². The maximum atomic E-state index is 14.5. The molecule has 206 valence electrons. The van der Waals surface area contributed by atoms with Gasteiger partial charge in [-0.05, 0) is 48.4 Å². The van der Waals surface area contributed by atoms with Crippen LogP contribution < -0.4 is 14.4 Å².